The summed E-state index contributed by atoms with van der Waals surface area (Å²) in [5.41, 5.74) is 0.675. The molecule has 0 bridgehead atoms. The molecule has 0 aliphatic rings. The number of halogens is 1. The van der Waals surface area contributed by atoms with Crippen LogP contribution < -0.4 is 5.32 Å². The zero-order valence-electron chi connectivity index (χ0n) is 6.32. The molecule has 4 heteroatoms. The molecule has 0 aromatic carbocycles. The first-order valence-electron chi connectivity index (χ1n) is 3.26. The number of nitrogens with one attached hydrogen (secondary N) is 2. The van der Waals surface area contributed by atoms with Crippen LogP contribution in [0.1, 0.15) is 13.3 Å². The molecule has 0 spiro atoms. The highest BCUT2D eigenvalue weighted by atomic mass is 79.9. The SMILES string of the molecule is CCN/C(Br)=C(\C=N)CC#N. The van der Waals surface area contributed by atoms with Gasteiger partial charge in [0.25, 0.3) is 0 Å². The summed E-state index contributed by atoms with van der Waals surface area (Å²) in [6, 6.07) is 1.98. The fraction of sp³-hybridized carbons (Fsp3) is 0.429. The van der Waals surface area contributed by atoms with Gasteiger partial charge in [0.15, 0.2) is 0 Å². The van der Waals surface area contributed by atoms with E-state index in [-0.39, 0.29) is 6.42 Å². The zero-order valence-corrected chi connectivity index (χ0v) is 7.90. The van der Waals surface area contributed by atoms with E-state index in [1.165, 1.54) is 6.21 Å². The molecule has 0 heterocycles. The third kappa shape index (κ3) is 3.79. The van der Waals surface area contributed by atoms with Gasteiger partial charge in [0.1, 0.15) is 0 Å². The second-order valence-corrected chi connectivity index (χ2v) is 2.64. The van der Waals surface area contributed by atoms with Gasteiger partial charge in [-0.3, -0.25) is 0 Å². The van der Waals surface area contributed by atoms with Crippen LogP contribution in [0.4, 0.5) is 0 Å². The molecule has 0 unspecified atom stereocenters. The Kier molecular flexibility index (Phi) is 5.49. The van der Waals surface area contributed by atoms with Crippen LogP contribution in [0.25, 0.3) is 0 Å². The Bertz CT molecular complexity index is 202. The number of nitrogens with zero attached hydrogens (tertiary/aromatic N) is 1. The van der Waals surface area contributed by atoms with Gasteiger partial charge < -0.3 is 10.7 Å². The van der Waals surface area contributed by atoms with E-state index in [2.05, 4.69) is 21.2 Å². The molecule has 0 radical (unpaired) electrons. The minimum absolute atomic E-state index is 0.261. The third-order valence-electron chi connectivity index (χ3n) is 1.06. The second kappa shape index (κ2) is 5.93. The van der Waals surface area contributed by atoms with Gasteiger partial charge in [-0.1, -0.05) is 0 Å². The first-order valence-corrected chi connectivity index (χ1v) is 4.05. The molecular formula is C7H10BrN3. The molecule has 0 atom stereocenters. The minimum Gasteiger partial charge on any atom is -0.379 e. The largest absolute Gasteiger partial charge is 0.379 e. The summed E-state index contributed by atoms with van der Waals surface area (Å²) >= 11 is 3.23. The second-order valence-electron chi connectivity index (χ2n) is 1.85. The molecule has 2 N–H and O–H groups in total. The Hall–Kier alpha value is -0.820. The van der Waals surface area contributed by atoms with Crippen LogP contribution in [0.5, 0.6) is 0 Å². The Labute approximate surface area is 74.7 Å². The van der Waals surface area contributed by atoms with Gasteiger partial charge in [-0.2, -0.15) is 5.26 Å². The van der Waals surface area contributed by atoms with Crippen molar-refractivity contribution in [3.8, 4) is 6.07 Å². The van der Waals surface area contributed by atoms with Crippen LogP contribution in [-0.2, 0) is 0 Å². The van der Waals surface area contributed by atoms with E-state index in [9.17, 15) is 0 Å². The Morgan fingerprint density at radius 1 is 1.82 bits per heavy atom. The number of nitriles is 1. The summed E-state index contributed by atoms with van der Waals surface area (Å²) < 4.78 is 0.733. The number of hydrogen-bond donors (Lipinski definition) is 2. The lowest BCUT2D eigenvalue weighted by molar-refractivity contribution is 0.899. The Morgan fingerprint density at radius 2 is 2.45 bits per heavy atom. The first kappa shape index (κ1) is 10.2. The topological polar surface area (TPSA) is 59.7 Å². The van der Waals surface area contributed by atoms with Gasteiger partial charge in [0.2, 0.25) is 0 Å². The van der Waals surface area contributed by atoms with Crippen LogP contribution >= 0.6 is 15.9 Å². The maximum atomic E-state index is 8.35. The highest BCUT2D eigenvalue weighted by molar-refractivity contribution is 9.11. The van der Waals surface area contributed by atoms with E-state index in [0.29, 0.717) is 5.57 Å². The maximum Gasteiger partial charge on any atom is 0.0838 e. The van der Waals surface area contributed by atoms with E-state index in [4.69, 9.17) is 10.7 Å². The fourth-order valence-electron chi connectivity index (χ4n) is 0.546. The van der Waals surface area contributed by atoms with Gasteiger partial charge in [-0.05, 0) is 22.9 Å². The molecule has 0 aromatic heterocycles. The molecule has 0 aromatic rings. The van der Waals surface area contributed by atoms with E-state index in [0.717, 1.165) is 11.2 Å². The minimum atomic E-state index is 0.261. The summed E-state index contributed by atoms with van der Waals surface area (Å²) in [7, 11) is 0. The van der Waals surface area contributed by atoms with Gasteiger partial charge in [-0.25, -0.2) is 0 Å². The number of hydrogen-bond acceptors (Lipinski definition) is 3. The van der Waals surface area contributed by atoms with E-state index < -0.39 is 0 Å². The first-order chi connectivity index (χ1) is 5.26. The molecule has 0 amide bonds. The molecule has 0 fully saturated rings. The standard InChI is InChI=1S/C7H10BrN3/c1-2-11-7(8)6(5-10)3-4-9/h5,10-11H,2-3H2,1H3/b7-6-,10-5?. The van der Waals surface area contributed by atoms with E-state index >= 15 is 0 Å². The van der Waals surface area contributed by atoms with Crippen molar-refractivity contribution in [3.63, 3.8) is 0 Å². The molecule has 0 aliphatic carbocycles. The average Bonchev–Trinajstić information content (AvgIpc) is 2.00. The fourth-order valence-corrected chi connectivity index (χ4v) is 1.08. The zero-order chi connectivity index (χ0) is 8.69. The smallest absolute Gasteiger partial charge is 0.0838 e. The molecule has 11 heavy (non-hydrogen) atoms. The van der Waals surface area contributed by atoms with Crippen molar-refractivity contribution in [2.75, 3.05) is 6.54 Å². The van der Waals surface area contributed by atoms with Crippen molar-refractivity contribution in [1.29, 1.82) is 10.7 Å². The highest BCUT2D eigenvalue weighted by Gasteiger charge is 1.98. The number of rotatable bonds is 4. The van der Waals surface area contributed by atoms with Crippen LogP contribution in [0, 0.1) is 16.7 Å². The van der Waals surface area contributed by atoms with Crippen molar-refractivity contribution in [2.24, 2.45) is 0 Å². The maximum absolute atomic E-state index is 8.35. The molecule has 60 valence electrons. The highest BCUT2D eigenvalue weighted by Crippen LogP contribution is 2.09. The molecule has 0 saturated carbocycles. The normalized spacial score (nSPS) is 11.4. The predicted octanol–water partition coefficient (Wildman–Crippen LogP) is 1.77. The number of allylic oxidation sites excluding steroid dienone is 1. The Morgan fingerprint density at radius 3 is 2.82 bits per heavy atom. The van der Waals surface area contributed by atoms with Crippen LogP contribution in [0.3, 0.4) is 0 Å². The van der Waals surface area contributed by atoms with Crippen molar-refractivity contribution in [1.82, 2.24) is 5.32 Å². The summed E-state index contributed by atoms with van der Waals surface area (Å²) in [6.07, 6.45) is 1.44. The monoisotopic (exact) mass is 215 g/mol. The van der Waals surface area contributed by atoms with Gasteiger partial charge in [0.05, 0.1) is 17.1 Å². The predicted molar refractivity (Wildman–Crippen MR) is 48.6 cm³/mol. The molecule has 0 saturated heterocycles. The lowest BCUT2D eigenvalue weighted by Gasteiger charge is -2.02. The summed E-state index contributed by atoms with van der Waals surface area (Å²) in [5.74, 6) is 0. The molecule has 3 nitrogen and oxygen atoms in total. The quantitative estimate of drug-likeness (QED) is 0.555. The van der Waals surface area contributed by atoms with Gasteiger partial charge in [0, 0.05) is 18.3 Å². The van der Waals surface area contributed by atoms with Crippen molar-refractivity contribution >= 4 is 22.1 Å². The lowest BCUT2D eigenvalue weighted by atomic mass is 10.2. The van der Waals surface area contributed by atoms with Gasteiger partial charge >= 0.3 is 0 Å². The Balaban J connectivity index is 4.29. The summed E-state index contributed by atoms with van der Waals surface area (Å²) in [5, 5.41) is 18.3. The van der Waals surface area contributed by atoms with Crippen LogP contribution in [0.2, 0.25) is 0 Å². The van der Waals surface area contributed by atoms with Gasteiger partial charge in [-0.15, -0.1) is 0 Å². The van der Waals surface area contributed by atoms with E-state index in [1.807, 2.05) is 13.0 Å². The van der Waals surface area contributed by atoms with Crippen molar-refractivity contribution in [3.05, 3.63) is 10.2 Å². The summed E-state index contributed by atoms with van der Waals surface area (Å²) in [4.78, 5) is 0. The molecule has 0 aliphatic heterocycles. The summed E-state index contributed by atoms with van der Waals surface area (Å²) in [6.45, 7) is 2.73. The van der Waals surface area contributed by atoms with Crippen molar-refractivity contribution in [2.45, 2.75) is 13.3 Å². The molecule has 0 rings (SSSR count). The van der Waals surface area contributed by atoms with Crippen LogP contribution in [-0.4, -0.2) is 12.8 Å². The van der Waals surface area contributed by atoms with E-state index in [1.54, 1.807) is 0 Å². The molecular weight excluding hydrogens is 206 g/mol. The average molecular weight is 216 g/mol. The third-order valence-corrected chi connectivity index (χ3v) is 1.85. The lowest BCUT2D eigenvalue weighted by Crippen LogP contribution is -2.10. The van der Waals surface area contributed by atoms with Crippen molar-refractivity contribution < 1.29 is 0 Å². The van der Waals surface area contributed by atoms with Crippen LogP contribution in [0.15, 0.2) is 10.2 Å².